The zero-order valence-corrected chi connectivity index (χ0v) is 19.1. The van der Waals surface area contributed by atoms with E-state index in [0.717, 1.165) is 53.9 Å². The number of esters is 1. The molecule has 4 aromatic rings. The van der Waals surface area contributed by atoms with Crippen molar-refractivity contribution in [1.82, 2.24) is 14.5 Å². The molecule has 1 aliphatic rings. The molecule has 33 heavy (non-hydrogen) atoms. The lowest BCUT2D eigenvalue weighted by atomic mass is 9.92. The second-order valence-electron chi connectivity index (χ2n) is 8.69. The molecule has 2 aromatic carbocycles. The van der Waals surface area contributed by atoms with Crippen LogP contribution in [-0.2, 0) is 41.6 Å². The first-order valence-electron chi connectivity index (χ1n) is 11.8. The lowest BCUT2D eigenvalue weighted by molar-refractivity contribution is -0.140. The zero-order valence-electron chi connectivity index (χ0n) is 19.1. The van der Waals surface area contributed by atoms with Crippen molar-refractivity contribution in [3.8, 4) is 5.95 Å². The molecule has 5 heteroatoms. The van der Waals surface area contributed by atoms with Gasteiger partial charge in [-0.15, -0.1) is 0 Å². The Balaban J connectivity index is 1.58. The highest BCUT2D eigenvalue weighted by Crippen LogP contribution is 2.28. The topological polar surface area (TPSA) is 57.0 Å². The van der Waals surface area contributed by atoms with Gasteiger partial charge in [-0.25, -0.2) is 9.97 Å². The van der Waals surface area contributed by atoms with Gasteiger partial charge in [-0.05, 0) is 68.2 Å². The van der Waals surface area contributed by atoms with Gasteiger partial charge < -0.3 is 4.74 Å². The van der Waals surface area contributed by atoms with Gasteiger partial charge in [0.2, 0.25) is 5.95 Å². The summed E-state index contributed by atoms with van der Waals surface area (Å²) in [7, 11) is 1.43. The fraction of sp³-hybridized carbons (Fsp3) is 0.321. The maximum atomic E-state index is 11.9. The average Bonchev–Trinajstić information content (AvgIpc) is 3.24. The lowest BCUT2D eigenvalue weighted by Crippen LogP contribution is -2.16. The van der Waals surface area contributed by atoms with E-state index in [-0.39, 0.29) is 5.97 Å². The smallest absolute Gasteiger partial charge is 0.305 e. The minimum Gasteiger partial charge on any atom is -0.469 e. The molecule has 5 rings (SSSR count). The number of hydrogen-bond acceptors (Lipinski definition) is 4. The number of carbonyl (C=O) groups excluding carboxylic acids is 1. The van der Waals surface area contributed by atoms with Crippen molar-refractivity contribution >= 4 is 16.9 Å². The fourth-order valence-corrected chi connectivity index (χ4v) is 4.84. The molecular formula is C28H29N3O2. The molecule has 5 nitrogen and oxygen atoms in total. The summed E-state index contributed by atoms with van der Waals surface area (Å²) in [5, 5.41) is 1.13. The number of aromatic nitrogens is 3. The summed E-state index contributed by atoms with van der Waals surface area (Å²) in [6.07, 6.45) is 7.21. The van der Waals surface area contributed by atoms with E-state index in [1.807, 2.05) is 12.1 Å². The van der Waals surface area contributed by atoms with E-state index < -0.39 is 0 Å². The third-order valence-electron chi connectivity index (χ3n) is 6.55. The predicted molar refractivity (Wildman–Crippen MR) is 130 cm³/mol. The van der Waals surface area contributed by atoms with Crippen molar-refractivity contribution in [1.29, 1.82) is 0 Å². The monoisotopic (exact) mass is 439 g/mol. The van der Waals surface area contributed by atoms with E-state index in [1.165, 1.54) is 36.8 Å². The molecule has 0 amide bonds. The number of fused-ring (bicyclic) bond motifs is 2. The van der Waals surface area contributed by atoms with Gasteiger partial charge in [-0.1, -0.05) is 48.5 Å². The van der Waals surface area contributed by atoms with Gasteiger partial charge in [0.1, 0.15) is 0 Å². The number of hydrogen-bond donors (Lipinski definition) is 0. The highest BCUT2D eigenvalue weighted by atomic mass is 16.5. The molecule has 0 unspecified atom stereocenters. The summed E-state index contributed by atoms with van der Waals surface area (Å²) in [6.45, 7) is 0. The number of nitrogens with zero attached hydrogens (tertiary/aromatic N) is 3. The van der Waals surface area contributed by atoms with Gasteiger partial charge in [0.15, 0.2) is 0 Å². The minimum atomic E-state index is -0.207. The maximum absolute atomic E-state index is 11.9. The van der Waals surface area contributed by atoms with Crippen molar-refractivity contribution in [3.05, 3.63) is 88.9 Å². The predicted octanol–water partition coefficient (Wildman–Crippen LogP) is 5.19. The van der Waals surface area contributed by atoms with Crippen LogP contribution >= 0.6 is 0 Å². The second-order valence-corrected chi connectivity index (χ2v) is 8.69. The van der Waals surface area contributed by atoms with Gasteiger partial charge in [-0.2, -0.15) is 0 Å². The first kappa shape index (κ1) is 21.4. The van der Waals surface area contributed by atoms with E-state index in [4.69, 9.17) is 14.7 Å². The number of benzene rings is 2. The van der Waals surface area contributed by atoms with E-state index in [1.54, 1.807) is 0 Å². The molecule has 0 aliphatic heterocycles. The van der Waals surface area contributed by atoms with Gasteiger partial charge in [0.05, 0.1) is 19.0 Å². The van der Waals surface area contributed by atoms with Crippen LogP contribution in [-0.4, -0.2) is 27.6 Å². The van der Waals surface area contributed by atoms with Gasteiger partial charge in [-0.3, -0.25) is 9.36 Å². The maximum Gasteiger partial charge on any atom is 0.305 e. The molecule has 0 atom stereocenters. The van der Waals surface area contributed by atoms with Gasteiger partial charge in [0, 0.05) is 22.5 Å². The van der Waals surface area contributed by atoms with E-state index in [2.05, 4.69) is 53.1 Å². The number of carbonyl (C=O) groups is 1. The zero-order chi connectivity index (χ0) is 22.6. The van der Waals surface area contributed by atoms with E-state index >= 15 is 0 Å². The molecule has 0 spiro atoms. The Bertz CT molecular complexity index is 1280. The van der Waals surface area contributed by atoms with Crippen LogP contribution < -0.4 is 0 Å². The molecule has 0 fully saturated rings. The number of methoxy groups -OCH3 is 1. The highest BCUT2D eigenvalue weighted by molar-refractivity contribution is 5.83. The van der Waals surface area contributed by atoms with Crippen LogP contribution in [0.3, 0.4) is 0 Å². The van der Waals surface area contributed by atoms with Crippen molar-refractivity contribution < 1.29 is 9.53 Å². The molecular weight excluding hydrogens is 410 g/mol. The Morgan fingerprint density at radius 1 is 0.939 bits per heavy atom. The Morgan fingerprint density at radius 2 is 1.73 bits per heavy atom. The molecule has 168 valence electrons. The summed E-state index contributed by atoms with van der Waals surface area (Å²) in [6, 6.07) is 21.0. The largest absolute Gasteiger partial charge is 0.469 e. The molecule has 0 saturated carbocycles. The Kier molecular flexibility index (Phi) is 6.20. The lowest BCUT2D eigenvalue weighted by Gasteiger charge is -2.20. The summed E-state index contributed by atoms with van der Waals surface area (Å²) in [4.78, 5) is 22.1. The Labute approximate surface area is 194 Å². The molecule has 0 N–H and O–H groups in total. The van der Waals surface area contributed by atoms with E-state index in [0.29, 0.717) is 12.8 Å². The summed E-state index contributed by atoms with van der Waals surface area (Å²) in [5.74, 6) is 0.515. The van der Waals surface area contributed by atoms with Crippen LogP contribution in [0.15, 0.2) is 60.7 Å². The Morgan fingerprint density at radius 3 is 2.58 bits per heavy atom. The third kappa shape index (κ3) is 4.54. The third-order valence-corrected chi connectivity index (χ3v) is 6.55. The van der Waals surface area contributed by atoms with Crippen LogP contribution in [0.1, 0.15) is 47.5 Å². The summed E-state index contributed by atoms with van der Waals surface area (Å²) >= 11 is 0. The molecule has 0 bridgehead atoms. The average molecular weight is 440 g/mol. The van der Waals surface area contributed by atoms with Crippen LogP contribution in [0.4, 0.5) is 0 Å². The number of rotatable bonds is 7. The van der Waals surface area contributed by atoms with Crippen molar-refractivity contribution in [2.75, 3.05) is 7.11 Å². The van der Waals surface area contributed by atoms with E-state index in [9.17, 15) is 4.79 Å². The first-order valence-corrected chi connectivity index (χ1v) is 11.8. The van der Waals surface area contributed by atoms with Crippen LogP contribution in [0.5, 0.6) is 0 Å². The van der Waals surface area contributed by atoms with Gasteiger partial charge >= 0.3 is 5.97 Å². The standard InChI is InChI=1S/C28H29N3O2/c1-33-27(32)18-16-22-19-21-11-5-8-14-26(21)31(22)28-29-24-13-7-6-12-23(24)25(30-28)17-15-20-9-3-2-4-10-20/h2-5,8-11,14,19H,6-7,12-13,15-18H2,1H3. The molecule has 0 radical (unpaired) electrons. The second kappa shape index (κ2) is 9.57. The summed E-state index contributed by atoms with van der Waals surface area (Å²) in [5.41, 5.74) is 7.12. The van der Waals surface area contributed by atoms with Gasteiger partial charge in [0.25, 0.3) is 0 Å². The Hall–Kier alpha value is -3.47. The first-order chi connectivity index (χ1) is 16.2. The van der Waals surface area contributed by atoms with Crippen molar-refractivity contribution in [2.24, 2.45) is 0 Å². The molecule has 2 heterocycles. The number of ether oxygens (including phenoxy) is 1. The highest BCUT2D eigenvalue weighted by Gasteiger charge is 2.21. The molecule has 0 saturated heterocycles. The number of para-hydroxylation sites is 1. The fourth-order valence-electron chi connectivity index (χ4n) is 4.84. The minimum absolute atomic E-state index is 0.207. The van der Waals surface area contributed by atoms with Crippen molar-refractivity contribution in [3.63, 3.8) is 0 Å². The molecule has 2 aromatic heterocycles. The number of aryl methyl sites for hydroxylation is 4. The summed E-state index contributed by atoms with van der Waals surface area (Å²) < 4.78 is 7.02. The van der Waals surface area contributed by atoms with Crippen LogP contribution in [0.25, 0.3) is 16.9 Å². The van der Waals surface area contributed by atoms with Crippen LogP contribution in [0, 0.1) is 0 Å². The van der Waals surface area contributed by atoms with Crippen molar-refractivity contribution in [2.45, 2.75) is 51.4 Å². The molecule has 1 aliphatic carbocycles. The SMILES string of the molecule is COC(=O)CCc1cc2ccccc2n1-c1nc2c(c(CCc3ccccc3)n1)CCCC2. The van der Waals surface area contributed by atoms with Crippen LogP contribution in [0.2, 0.25) is 0 Å². The quantitative estimate of drug-likeness (QED) is 0.372. The normalized spacial score (nSPS) is 13.1.